The summed E-state index contributed by atoms with van der Waals surface area (Å²) in [4.78, 5) is 33.9. The van der Waals surface area contributed by atoms with E-state index in [0.29, 0.717) is 22.0 Å². The van der Waals surface area contributed by atoms with Crippen molar-refractivity contribution in [1.29, 1.82) is 0 Å². The lowest BCUT2D eigenvalue weighted by Crippen LogP contribution is -2.36. The van der Waals surface area contributed by atoms with E-state index in [4.69, 9.17) is 4.74 Å². The van der Waals surface area contributed by atoms with Crippen molar-refractivity contribution in [3.63, 3.8) is 0 Å². The van der Waals surface area contributed by atoms with Crippen LogP contribution in [0.5, 0.6) is 11.5 Å². The quantitative estimate of drug-likeness (QED) is 0.308. The zero-order chi connectivity index (χ0) is 24.8. The predicted octanol–water partition coefficient (Wildman–Crippen LogP) is 7.06. The van der Waals surface area contributed by atoms with Crippen molar-refractivity contribution in [2.24, 2.45) is 0 Å². The minimum Gasteiger partial charge on any atom is -0.457 e. The molecule has 0 saturated heterocycles. The van der Waals surface area contributed by atoms with Crippen molar-refractivity contribution >= 4 is 50.6 Å². The van der Waals surface area contributed by atoms with Gasteiger partial charge in [-0.2, -0.15) is 0 Å². The lowest BCUT2D eigenvalue weighted by molar-refractivity contribution is 0.0943. The first-order valence-corrected chi connectivity index (χ1v) is 13.0. The fourth-order valence-corrected chi connectivity index (χ4v) is 6.07. The normalized spacial score (nSPS) is 15.3. The highest BCUT2D eigenvalue weighted by Gasteiger charge is 2.34. The third kappa shape index (κ3) is 3.87. The summed E-state index contributed by atoms with van der Waals surface area (Å²) in [5.41, 5.74) is 3.94. The number of ether oxygens (including phenoxy) is 1. The molecule has 4 aromatic rings. The van der Waals surface area contributed by atoms with E-state index in [1.165, 1.54) is 11.3 Å². The summed E-state index contributed by atoms with van der Waals surface area (Å²) >= 11 is 1.32. The molecule has 2 aromatic heterocycles. The second kappa shape index (κ2) is 8.95. The smallest absolute Gasteiger partial charge is 0.331 e. The Morgan fingerprint density at radius 2 is 1.89 bits per heavy atom. The molecule has 8 heteroatoms. The number of hydrogen-bond donors (Lipinski definition) is 2. The van der Waals surface area contributed by atoms with Crippen LogP contribution in [0.2, 0.25) is 0 Å². The number of hydrogen-bond acceptors (Lipinski definition) is 5. The van der Waals surface area contributed by atoms with Crippen LogP contribution in [-0.4, -0.2) is 23.0 Å². The van der Waals surface area contributed by atoms with E-state index in [1.807, 2.05) is 62.4 Å². The monoisotopic (exact) mass is 498 g/mol. The lowest BCUT2D eigenvalue weighted by Gasteiger charge is -2.29. The van der Waals surface area contributed by atoms with Gasteiger partial charge in [-0.05, 0) is 68.1 Å². The van der Waals surface area contributed by atoms with Crippen LogP contribution in [0.4, 0.5) is 21.9 Å². The van der Waals surface area contributed by atoms with Crippen LogP contribution < -0.4 is 20.3 Å². The molecule has 36 heavy (non-hydrogen) atoms. The second-order valence-electron chi connectivity index (χ2n) is 9.35. The summed E-state index contributed by atoms with van der Waals surface area (Å²) in [7, 11) is 0. The molecule has 7 nitrogen and oxygen atoms in total. The summed E-state index contributed by atoms with van der Waals surface area (Å²) in [6.45, 7) is 3.96. The van der Waals surface area contributed by atoms with Crippen LogP contribution in [0.1, 0.15) is 46.5 Å². The van der Waals surface area contributed by atoms with Crippen molar-refractivity contribution < 1.29 is 14.3 Å². The van der Waals surface area contributed by atoms with Crippen molar-refractivity contribution in [2.45, 2.75) is 45.6 Å². The van der Waals surface area contributed by atoms with E-state index in [0.717, 1.165) is 58.5 Å². The van der Waals surface area contributed by atoms with E-state index < -0.39 is 0 Å². The van der Waals surface area contributed by atoms with Crippen LogP contribution in [0.25, 0.3) is 10.2 Å². The third-order valence-corrected chi connectivity index (χ3v) is 7.97. The number of para-hydroxylation sites is 1. The Hall–Kier alpha value is -3.91. The molecular formula is C28H26N4O3S. The Morgan fingerprint density at radius 3 is 2.67 bits per heavy atom. The van der Waals surface area contributed by atoms with Gasteiger partial charge in [0.15, 0.2) is 0 Å². The van der Waals surface area contributed by atoms with Crippen LogP contribution in [0.3, 0.4) is 0 Å². The number of urea groups is 1. The maximum absolute atomic E-state index is 13.4. The molecule has 1 aliphatic carbocycles. The van der Waals surface area contributed by atoms with Crippen LogP contribution >= 0.6 is 11.3 Å². The Bertz CT molecular complexity index is 1510. The fourth-order valence-electron chi connectivity index (χ4n) is 5.04. The molecular weight excluding hydrogens is 472 g/mol. The number of amides is 3. The van der Waals surface area contributed by atoms with Gasteiger partial charge in [-0.25, -0.2) is 9.78 Å². The largest absolute Gasteiger partial charge is 0.457 e. The first-order chi connectivity index (χ1) is 17.5. The Kier molecular flexibility index (Phi) is 5.60. The maximum Gasteiger partial charge on any atom is 0.331 e. The van der Waals surface area contributed by atoms with E-state index in [-0.39, 0.29) is 18.0 Å². The zero-order valence-corrected chi connectivity index (χ0v) is 20.9. The number of nitrogens with zero attached hydrogens (tertiary/aromatic N) is 2. The first kappa shape index (κ1) is 22.5. The van der Waals surface area contributed by atoms with Gasteiger partial charge in [0, 0.05) is 12.2 Å². The number of anilines is 3. The average Bonchev–Trinajstić information content (AvgIpc) is 3.50. The summed E-state index contributed by atoms with van der Waals surface area (Å²) in [6.07, 6.45) is 5.95. The molecule has 2 aliphatic rings. The molecule has 0 spiro atoms. The molecule has 6 rings (SSSR count). The van der Waals surface area contributed by atoms with Crippen molar-refractivity contribution in [1.82, 2.24) is 10.3 Å². The molecule has 0 unspecified atom stereocenters. The van der Waals surface area contributed by atoms with Gasteiger partial charge < -0.3 is 15.4 Å². The molecule has 3 heterocycles. The number of nitrogens with one attached hydrogen (secondary N) is 2. The van der Waals surface area contributed by atoms with Gasteiger partial charge in [-0.15, -0.1) is 11.3 Å². The highest BCUT2D eigenvalue weighted by molar-refractivity contribution is 7.21. The molecule has 1 aliphatic heterocycles. The van der Waals surface area contributed by atoms with Gasteiger partial charge in [0.25, 0.3) is 5.91 Å². The number of benzene rings is 2. The molecule has 2 aromatic carbocycles. The molecule has 1 saturated carbocycles. The number of rotatable bonds is 5. The van der Waals surface area contributed by atoms with Crippen molar-refractivity contribution in [2.75, 3.05) is 10.2 Å². The van der Waals surface area contributed by atoms with Crippen molar-refractivity contribution in [3.05, 3.63) is 70.7 Å². The summed E-state index contributed by atoms with van der Waals surface area (Å²) in [5, 5.41) is 6.91. The SMILES string of the molecule is Cc1ccccc1Oc1ccc(N2C(=O)Nc3c(C(=O)NC4CCCC4)sc4nccc2c34)c(C)c1. The lowest BCUT2D eigenvalue weighted by atomic mass is 10.1. The van der Waals surface area contributed by atoms with Gasteiger partial charge in [-0.1, -0.05) is 31.0 Å². The molecule has 0 atom stereocenters. The first-order valence-electron chi connectivity index (χ1n) is 12.2. The standard InChI is InChI=1S/C28H26N4O3S/c1-16-7-3-6-10-22(16)35-19-11-12-20(17(2)15-19)32-21-13-14-29-27-23(21)24(31-28(32)34)25(36-27)26(33)30-18-8-4-5-9-18/h3,6-7,10-15,18H,4-5,8-9H2,1-2H3,(H,30,33)(H,31,34). The van der Waals surface area contributed by atoms with E-state index in [9.17, 15) is 9.59 Å². The fraction of sp³-hybridized carbons (Fsp3) is 0.250. The Morgan fingerprint density at radius 1 is 1.08 bits per heavy atom. The van der Waals surface area contributed by atoms with Crippen LogP contribution in [-0.2, 0) is 0 Å². The number of carbonyl (C=O) groups excluding carboxylic acids is 2. The molecule has 182 valence electrons. The highest BCUT2D eigenvalue weighted by Crippen LogP contribution is 2.46. The van der Waals surface area contributed by atoms with Gasteiger partial charge >= 0.3 is 6.03 Å². The van der Waals surface area contributed by atoms with Crippen molar-refractivity contribution in [3.8, 4) is 11.5 Å². The topological polar surface area (TPSA) is 83.6 Å². The highest BCUT2D eigenvalue weighted by atomic mass is 32.1. The summed E-state index contributed by atoms with van der Waals surface area (Å²) < 4.78 is 6.09. The number of aromatic nitrogens is 1. The van der Waals surface area contributed by atoms with Gasteiger partial charge in [0.05, 0.1) is 22.4 Å². The molecule has 2 N–H and O–H groups in total. The summed E-state index contributed by atoms with van der Waals surface area (Å²) in [6, 6.07) is 15.3. The number of pyridine rings is 1. The summed E-state index contributed by atoms with van der Waals surface area (Å²) in [5.74, 6) is 1.35. The van der Waals surface area contributed by atoms with Gasteiger partial charge in [0.2, 0.25) is 0 Å². The van der Waals surface area contributed by atoms with Gasteiger partial charge in [-0.3, -0.25) is 9.69 Å². The molecule has 1 fully saturated rings. The zero-order valence-electron chi connectivity index (χ0n) is 20.1. The number of thiophene rings is 1. The number of carbonyl (C=O) groups is 2. The van der Waals surface area contributed by atoms with Gasteiger partial charge in [0.1, 0.15) is 21.2 Å². The van der Waals surface area contributed by atoms with E-state index in [1.54, 1.807) is 11.1 Å². The molecule has 0 bridgehead atoms. The Balaban J connectivity index is 1.36. The van der Waals surface area contributed by atoms with E-state index in [2.05, 4.69) is 15.6 Å². The minimum absolute atomic E-state index is 0.145. The minimum atomic E-state index is -0.306. The molecule has 3 amide bonds. The second-order valence-corrected chi connectivity index (χ2v) is 10.4. The van der Waals surface area contributed by atoms with Crippen LogP contribution in [0.15, 0.2) is 54.7 Å². The number of aryl methyl sites for hydroxylation is 2. The maximum atomic E-state index is 13.4. The third-order valence-electron chi connectivity index (χ3n) is 6.87. The molecule has 0 radical (unpaired) electrons. The average molecular weight is 499 g/mol. The predicted molar refractivity (Wildman–Crippen MR) is 143 cm³/mol. The van der Waals surface area contributed by atoms with E-state index >= 15 is 0 Å². The Labute approximate surface area is 213 Å². The van der Waals surface area contributed by atoms with Crippen LogP contribution in [0, 0.1) is 13.8 Å².